The van der Waals surface area contributed by atoms with E-state index >= 15 is 0 Å². The zero-order valence-electron chi connectivity index (χ0n) is 9.37. The Labute approximate surface area is 107 Å². The average molecular weight is 302 g/mol. The Balaban J connectivity index is 2.07. The molecule has 1 aromatic carbocycles. The number of hydrogen-bond acceptors (Lipinski definition) is 2. The van der Waals surface area contributed by atoms with Gasteiger partial charge in [0.25, 0.3) is 5.91 Å². The van der Waals surface area contributed by atoms with Crippen LogP contribution in [0.3, 0.4) is 0 Å². The molecule has 1 fully saturated rings. The second kappa shape index (κ2) is 5.14. The second-order valence-corrected chi connectivity index (χ2v) is 5.03. The maximum absolute atomic E-state index is 12.9. The molecule has 2 unspecified atom stereocenters. The molecule has 0 bridgehead atoms. The van der Waals surface area contributed by atoms with Gasteiger partial charge in [0, 0.05) is 11.1 Å². The quantitative estimate of drug-likeness (QED) is 0.912. The minimum absolute atomic E-state index is 0.178. The Morgan fingerprint density at radius 2 is 2.35 bits per heavy atom. The molecule has 3 nitrogen and oxygen atoms in total. The Morgan fingerprint density at radius 3 is 2.94 bits per heavy atom. The van der Waals surface area contributed by atoms with Crippen molar-refractivity contribution < 1.29 is 13.9 Å². The summed E-state index contributed by atoms with van der Waals surface area (Å²) in [5.74, 6) is -0.308. The lowest BCUT2D eigenvalue weighted by Gasteiger charge is -2.15. The van der Waals surface area contributed by atoms with Crippen molar-refractivity contribution >= 4 is 27.5 Å². The van der Waals surface area contributed by atoms with Crippen LogP contribution in [0, 0.1) is 11.7 Å². The smallest absolute Gasteiger partial charge is 0.253 e. The van der Waals surface area contributed by atoms with Crippen LogP contribution in [0.4, 0.5) is 10.1 Å². The Kier molecular flexibility index (Phi) is 3.79. The van der Waals surface area contributed by atoms with E-state index in [1.807, 2.05) is 6.92 Å². The summed E-state index contributed by atoms with van der Waals surface area (Å²) in [5.41, 5.74) is 0.555. The summed E-state index contributed by atoms with van der Waals surface area (Å²) in [6.45, 7) is 2.60. The van der Waals surface area contributed by atoms with E-state index < -0.39 is 6.10 Å². The molecule has 1 aliphatic rings. The highest BCUT2D eigenvalue weighted by atomic mass is 79.9. The van der Waals surface area contributed by atoms with Crippen LogP contribution in [-0.4, -0.2) is 18.6 Å². The number of amides is 1. The molecule has 1 N–H and O–H groups in total. The van der Waals surface area contributed by atoms with Crippen LogP contribution >= 0.6 is 15.9 Å². The first-order chi connectivity index (χ1) is 8.08. The molecule has 2 rings (SSSR count). The third-order valence-corrected chi connectivity index (χ3v) is 3.49. The molecule has 0 aromatic heterocycles. The number of rotatable bonds is 2. The van der Waals surface area contributed by atoms with Crippen molar-refractivity contribution in [3.05, 3.63) is 28.5 Å². The molecular weight excluding hydrogens is 289 g/mol. The lowest BCUT2D eigenvalue weighted by molar-refractivity contribution is -0.126. The minimum atomic E-state index is -0.410. The Hall–Kier alpha value is -0.940. The molecule has 0 aliphatic carbocycles. The molecule has 0 saturated carbocycles. The summed E-state index contributed by atoms with van der Waals surface area (Å²) >= 11 is 3.20. The summed E-state index contributed by atoms with van der Waals surface area (Å²) in [4.78, 5) is 11.9. The zero-order chi connectivity index (χ0) is 12.4. The third-order valence-electron chi connectivity index (χ3n) is 2.83. The van der Waals surface area contributed by atoms with E-state index in [1.54, 1.807) is 0 Å². The number of ether oxygens (including phenoxy) is 1. The van der Waals surface area contributed by atoms with Crippen molar-refractivity contribution in [2.45, 2.75) is 19.4 Å². The number of carbonyl (C=O) groups excluding carboxylic acids is 1. The van der Waals surface area contributed by atoms with Gasteiger partial charge in [-0.2, -0.15) is 0 Å². The lowest BCUT2D eigenvalue weighted by Crippen LogP contribution is -2.31. The highest BCUT2D eigenvalue weighted by Crippen LogP contribution is 2.26. The Bertz CT molecular complexity index is 439. The van der Waals surface area contributed by atoms with E-state index in [0.717, 1.165) is 6.42 Å². The maximum atomic E-state index is 12.9. The number of anilines is 1. The van der Waals surface area contributed by atoms with Crippen molar-refractivity contribution in [3.8, 4) is 0 Å². The van der Waals surface area contributed by atoms with Gasteiger partial charge in [-0.15, -0.1) is 0 Å². The predicted molar refractivity (Wildman–Crippen MR) is 66.3 cm³/mol. The highest BCUT2D eigenvalue weighted by Gasteiger charge is 2.31. The molecule has 17 heavy (non-hydrogen) atoms. The first-order valence-electron chi connectivity index (χ1n) is 5.45. The van der Waals surface area contributed by atoms with Crippen molar-refractivity contribution in [2.24, 2.45) is 5.92 Å². The largest absolute Gasteiger partial charge is 0.368 e. The maximum Gasteiger partial charge on any atom is 0.253 e. The topological polar surface area (TPSA) is 38.3 Å². The lowest BCUT2D eigenvalue weighted by atomic mass is 10.0. The monoisotopic (exact) mass is 301 g/mol. The van der Waals surface area contributed by atoms with Gasteiger partial charge in [0.1, 0.15) is 11.9 Å². The molecular formula is C12H13BrFNO2. The average Bonchev–Trinajstić information content (AvgIpc) is 2.68. The molecule has 1 amide bonds. The summed E-state index contributed by atoms with van der Waals surface area (Å²) in [7, 11) is 0. The van der Waals surface area contributed by atoms with Crippen LogP contribution in [0.2, 0.25) is 0 Å². The summed E-state index contributed by atoms with van der Waals surface area (Å²) in [6, 6.07) is 4.14. The number of carbonyl (C=O) groups is 1. The van der Waals surface area contributed by atoms with Gasteiger partial charge in [0.05, 0.1) is 5.69 Å². The van der Waals surface area contributed by atoms with Crippen molar-refractivity contribution in [2.75, 3.05) is 11.9 Å². The predicted octanol–water partition coefficient (Wildman–Crippen LogP) is 2.95. The van der Waals surface area contributed by atoms with E-state index in [2.05, 4.69) is 21.2 Å². The van der Waals surface area contributed by atoms with Crippen LogP contribution in [-0.2, 0) is 9.53 Å². The van der Waals surface area contributed by atoms with Crippen LogP contribution < -0.4 is 5.32 Å². The SMILES string of the molecule is CC1CCOC1C(=O)Nc1ccc(F)cc1Br. The van der Waals surface area contributed by atoms with E-state index in [4.69, 9.17) is 4.74 Å². The standard InChI is InChI=1S/C12H13BrFNO2/c1-7-4-5-17-11(7)12(16)15-10-3-2-8(14)6-9(10)13/h2-3,6-7,11H,4-5H2,1H3,(H,15,16). The molecule has 1 aliphatic heterocycles. The first-order valence-corrected chi connectivity index (χ1v) is 6.25. The van der Waals surface area contributed by atoms with Crippen LogP contribution in [0.5, 0.6) is 0 Å². The number of benzene rings is 1. The summed E-state index contributed by atoms with van der Waals surface area (Å²) in [5, 5.41) is 2.73. The van der Waals surface area contributed by atoms with Gasteiger partial charge in [-0.3, -0.25) is 4.79 Å². The van der Waals surface area contributed by atoms with Crippen LogP contribution in [0.15, 0.2) is 22.7 Å². The molecule has 92 valence electrons. The molecule has 0 spiro atoms. The highest BCUT2D eigenvalue weighted by molar-refractivity contribution is 9.10. The van der Waals surface area contributed by atoms with Gasteiger partial charge >= 0.3 is 0 Å². The molecule has 0 radical (unpaired) electrons. The minimum Gasteiger partial charge on any atom is -0.368 e. The third kappa shape index (κ3) is 2.84. The summed E-state index contributed by atoms with van der Waals surface area (Å²) < 4.78 is 18.8. The Morgan fingerprint density at radius 1 is 1.59 bits per heavy atom. The van der Waals surface area contributed by atoms with Gasteiger partial charge in [0.2, 0.25) is 0 Å². The first kappa shape index (κ1) is 12.5. The number of nitrogens with one attached hydrogen (secondary N) is 1. The normalized spacial score (nSPS) is 23.7. The fourth-order valence-electron chi connectivity index (χ4n) is 1.83. The van der Waals surface area contributed by atoms with Crippen LogP contribution in [0.1, 0.15) is 13.3 Å². The van der Waals surface area contributed by atoms with Gasteiger partial charge in [-0.1, -0.05) is 6.92 Å². The van der Waals surface area contributed by atoms with Crippen molar-refractivity contribution in [1.82, 2.24) is 0 Å². The fourth-order valence-corrected chi connectivity index (χ4v) is 2.28. The zero-order valence-corrected chi connectivity index (χ0v) is 11.0. The van der Waals surface area contributed by atoms with Gasteiger partial charge in [0.15, 0.2) is 0 Å². The van der Waals surface area contributed by atoms with Gasteiger partial charge in [-0.25, -0.2) is 4.39 Å². The van der Waals surface area contributed by atoms with E-state index in [9.17, 15) is 9.18 Å². The molecule has 1 aromatic rings. The van der Waals surface area contributed by atoms with E-state index in [-0.39, 0.29) is 17.6 Å². The molecule has 1 saturated heterocycles. The van der Waals surface area contributed by atoms with Crippen molar-refractivity contribution in [3.63, 3.8) is 0 Å². The number of hydrogen-bond donors (Lipinski definition) is 1. The molecule has 2 atom stereocenters. The fraction of sp³-hybridized carbons (Fsp3) is 0.417. The summed E-state index contributed by atoms with van der Waals surface area (Å²) in [6.07, 6.45) is 0.481. The molecule has 5 heteroatoms. The van der Waals surface area contributed by atoms with Gasteiger partial charge < -0.3 is 10.1 Å². The van der Waals surface area contributed by atoms with Crippen LogP contribution in [0.25, 0.3) is 0 Å². The van der Waals surface area contributed by atoms with E-state index in [0.29, 0.717) is 16.8 Å². The number of halogens is 2. The molecule has 1 heterocycles. The second-order valence-electron chi connectivity index (χ2n) is 4.17. The van der Waals surface area contributed by atoms with Crippen molar-refractivity contribution in [1.29, 1.82) is 0 Å². The van der Waals surface area contributed by atoms with E-state index in [1.165, 1.54) is 18.2 Å². The van der Waals surface area contributed by atoms with Gasteiger partial charge in [-0.05, 0) is 46.5 Å².